The minimum absolute atomic E-state index is 0.0847. The summed E-state index contributed by atoms with van der Waals surface area (Å²) in [6, 6.07) is 10.9. The molecule has 0 radical (unpaired) electrons. The Hall–Kier alpha value is -2.56. The predicted octanol–water partition coefficient (Wildman–Crippen LogP) is 2.67. The molecule has 0 aliphatic heterocycles. The van der Waals surface area contributed by atoms with Gasteiger partial charge in [-0.05, 0) is 42.3 Å². The van der Waals surface area contributed by atoms with Crippen molar-refractivity contribution in [2.75, 3.05) is 19.5 Å². The van der Waals surface area contributed by atoms with Crippen molar-refractivity contribution in [3.63, 3.8) is 0 Å². The number of hydrogen-bond donors (Lipinski definition) is 1. The Morgan fingerprint density at radius 1 is 1.19 bits per heavy atom. The van der Waals surface area contributed by atoms with Crippen LogP contribution in [0.3, 0.4) is 0 Å². The van der Waals surface area contributed by atoms with Gasteiger partial charge in [0.25, 0.3) is 0 Å². The smallest absolute Gasteiger partial charge is 0.225 e. The van der Waals surface area contributed by atoms with Gasteiger partial charge in [0, 0.05) is 12.6 Å². The molecular formula is C16H18N2O3. The van der Waals surface area contributed by atoms with Gasteiger partial charge >= 0.3 is 0 Å². The van der Waals surface area contributed by atoms with E-state index in [0.29, 0.717) is 18.7 Å². The molecule has 21 heavy (non-hydrogen) atoms. The van der Waals surface area contributed by atoms with Crippen LogP contribution < -0.4 is 14.8 Å². The van der Waals surface area contributed by atoms with E-state index < -0.39 is 0 Å². The first-order chi connectivity index (χ1) is 10.2. The molecule has 1 aromatic carbocycles. The second-order valence-electron chi connectivity index (χ2n) is 4.44. The van der Waals surface area contributed by atoms with Crippen molar-refractivity contribution in [2.45, 2.75) is 12.8 Å². The number of methoxy groups -OCH3 is 2. The summed E-state index contributed by atoms with van der Waals surface area (Å²) >= 11 is 0. The molecule has 1 aromatic heterocycles. The average Bonchev–Trinajstić information content (AvgIpc) is 2.53. The lowest BCUT2D eigenvalue weighted by Gasteiger charge is -2.10. The van der Waals surface area contributed by atoms with Gasteiger partial charge in [0.15, 0.2) is 0 Å². The van der Waals surface area contributed by atoms with E-state index in [4.69, 9.17) is 9.47 Å². The summed E-state index contributed by atoms with van der Waals surface area (Å²) < 4.78 is 10.5. The molecule has 0 atom stereocenters. The third kappa shape index (κ3) is 4.21. The lowest BCUT2D eigenvalue weighted by atomic mass is 10.1. The van der Waals surface area contributed by atoms with Crippen molar-refractivity contribution < 1.29 is 14.3 Å². The standard InChI is InChI=1S/C16H18N2O3/c1-20-13-7-8-14(21-2)12(11-13)6-9-16(19)18-15-5-3-4-10-17-15/h3-5,7-8,10-11H,6,9H2,1-2H3,(H,17,18,19). The van der Waals surface area contributed by atoms with E-state index >= 15 is 0 Å². The zero-order chi connectivity index (χ0) is 15.1. The van der Waals surface area contributed by atoms with Crippen LogP contribution in [0.5, 0.6) is 11.5 Å². The van der Waals surface area contributed by atoms with Gasteiger partial charge in [0.2, 0.25) is 5.91 Å². The van der Waals surface area contributed by atoms with E-state index in [1.54, 1.807) is 32.5 Å². The minimum Gasteiger partial charge on any atom is -0.497 e. The van der Waals surface area contributed by atoms with Crippen molar-refractivity contribution in [3.8, 4) is 11.5 Å². The first-order valence-corrected chi connectivity index (χ1v) is 6.64. The monoisotopic (exact) mass is 286 g/mol. The fraction of sp³-hybridized carbons (Fsp3) is 0.250. The van der Waals surface area contributed by atoms with Gasteiger partial charge in [-0.2, -0.15) is 0 Å². The normalized spacial score (nSPS) is 10.0. The molecule has 110 valence electrons. The Bertz CT molecular complexity index is 600. The summed E-state index contributed by atoms with van der Waals surface area (Å²) in [5.41, 5.74) is 0.938. The van der Waals surface area contributed by atoms with Gasteiger partial charge in [-0.1, -0.05) is 6.07 Å². The number of carbonyl (C=O) groups excluding carboxylic acids is 1. The van der Waals surface area contributed by atoms with Crippen molar-refractivity contribution in [1.29, 1.82) is 0 Å². The van der Waals surface area contributed by atoms with E-state index in [2.05, 4.69) is 10.3 Å². The molecule has 5 nitrogen and oxygen atoms in total. The van der Waals surface area contributed by atoms with Gasteiger partial charge in [0.05, 0.1) is 14.2 Å². The fourth-order valence-corrected chi connectivity index (χ4v) is 1.97. The van der Waals surface area contributed by atoms with Crippen LogP contribution in [-0.2, 0) is 11.2 Å². The van der Waals surface area contributed by atoms with Crippen molar-refractivity contribution in [2.24, 2.45) is 0 Å². The number of nitrogens with zero attached hydrogens (tertiary/aromatic N) is 1. The number of benzene rings is 1. The Labute approximate surface area is 123 Å². The summed E-state index contributed by atoms with van der Waals surface area (Å²) in [6.45, 7) is 0. The van der Waals surface area contributed by atoms with E-state index in [9.17, 15) is 4.79 Å². The number of carbonyl (C=O) groups is 1. The summed E-state index contributed by atoms with van der Waals surface area (Å²) in [4.78, 5) is 16.0. The third-order valence-electron chi connectivity index (χ3n) is 3.04. The SMILES string of the molecule is COc1ccc(OC)c(CCC(=O)Nc2ccccn2)c1. The maximum Gasteiger partial charge on any atom is 0.225 e. The highest BCUT2D eigenvalue weighted by Gasteiger charge is 2.09. The molecule has 0 saturated carbocycles. The summed E-state index contributed by atoms with van der Waals surface area (Å²) in [6.07, 6.45) is 2.56. The molecule has 0 bridgehead atoms. The van der Waals surface area contributed by atoms with E-state index in [1.807, 2.05) is 24.3 Å². The number of anilines is 1. The quantitative estimate of drug-likeness (QED) is 0.887. The van der Waals surface area contributed by atoms with Crippen LogP contribution >= 0.6 is 0 Å². The Morgan fingerprint density at radius 2 is 2.05 bits per heavy atom. The van der Waals surface area contributed by atoms with Crippen LogP contribution in [0.1, 0.15) is 12.0 Å². The molecule has 0 spiro atoms. The highest BCUT2D eigenvalue weighted by Crippen LogP contribution is 2.25. The van der Waals surface area contributed by atoms with Crippen LogP contribution in [0.15, 0.2) is 42.6 Å². The van der Waals surface area contributed by atoms with Crippen LogP contribution in [0, 0.1) is 0 Å². The lowest BCUT2D eigenvalue weighted by molar-refractivity contribution is -0.116. The number of ether oxygens (including phenoxy) is 2. The maximum atomic E-state index is 11.9. The fourth-order valence-electron chi connectivity index (χ4n) is 1.97. The average molecular weight is 286 g/mol. The Kier molecular flexibility index (Phi) is 5.15. The van der Waals surface area contributed by atoms with Gasteiger partial charge in [0.1, 0.15) is 17.3 Å². The second-order valence-corrected chi connectivity index (χ2v) is 4.44. The number of nitrogens with one attached hydrogen (secondary N) is 1. The molecule has 5 heteroatoms. The molecule has 1 heterocycles. The van der Waals surface area contributed by atoms with Crippen LogP contribution in [0.2, 0.25) is 0 Å². The molecule has 1 N–H and O–H groups in total. The predicted molar refractivity (Wildman–Crippen MR) is 80.7 cm³/mol. The largest absolute Gasteiger partial charge is 0.497 e. The lowest BCUT2D eigenvalue weighted by Crippen LogP contribution is -2.13. The summed E-state index contributed by atoms with van der Waals surface area (Å²) in [5, 5.41) is 2.76. The molecular weight excluding hydrogens is 268 g/mol. The number of aryl methyl sites for hydroxylation is 1. The Morgan fingerprint density at radius 3 is 2.71 bits per heavy atom. The highest BCUT2D eigenvalue weighted by molar-refractivity contribution is 5.89. The van der Waals surface area contributed by atoms with Gasteiger partial charge in [-0.15, -0.1) is 0 Å². The number of hydrogen-bond acceptors (Lipinski definition) is 4. The molecule has 1 amide bonds. The van der Waals surface area contributed by atoms with E-state index in [0.717, 1.165) is 17.1 Å². The molecule has 0 aliphatic carbocycles. The second kappa shape index (κ2) is 7.28. The third-order valence-corrected chi connectivity index (χ3v) is 3.04. The van der Waals surface area contributed by atoms with Crippen molar-refractivity contribution in [3.05, 3.63) is 48.2 Å². The first kappa shape index (κ1) is 14.8. The summed E-state index contributed by atoms with van der Waals surface area (Å²) in [5.74, 6) is 1.97. The van der Waals surface area contributed by atoms with Crippen LogP contribution in [0.25, 0.3) is 0 Å². The van der Waals surface area contributed by atoms with Gasteiger partial charge in [-0.25, -0.2) is 4.98 Å². The van der Waals surface area contributed by atoms with Gasteiger partial charge in [-0.3, -0.25) is 4.79 Å². The van der Waals surface area contributed by atoms with Crippen LogP contribution in [-0.4, -0.2) is 25.1 Å². The number of rotatable bonds is 6. The zero-order valence-electron chi connectivity index (χ0n) is 12.1. The van der Waals surface area contributed by atoms with Crippen LogP contribution in [0.4, 0.5) is 5.82 Å². The molecule has 0 saturated heterocycles. The molecule has 0 aliphatic rings. The highest BCUT2D eigenvalue weighted by atomic mass is 16.5. The minimum atomic E-state index is -0.0847. The zero-order valence-corrected chi connectivity index (χ0v) is 12.1. The number of amides is 1. The van der Waals surface area contributed by atoms with Crippen molar-refractivity contribution in [1.82, 2.24) is 4.98 Å². The van der Waals surface area contributed by atoms with Crippen molar-refractivity contribution >= 4 is 11.7 Å². The summed E-state index contributed by atoms with van der Waals surface area (Å²) in [7, 11) is 3.22. The molecule has 2 rings (SSSR count). The Balaban J connectivity index is 1.97. The number of aromatic nitrogens is 1. The maximum absolute atomic E-state index is 11.9. The molecule has 2 aromatic rings. The first-order valence-electron chi connectivity index (χ1n) is 6.64. The topological polar surface area (TPSA) is 60.5 Å². The molecule has 0 fully saturated rings. The van der Waals surface area contributed by atoms with E-state index in [1.165, 1.54) is 0 Å². The van der Waals surface area contributed by atoms with Gasteiger partial charge < -0.3 is 14.8 Å². The molecule has 0 unspecified atom stereocenters. The number of pyridine rings is 1. The van der Waals surface area contributed by atoms with E-state index in [-0.39, 0.29) is 5.91 Å².